The standard InChI is InChI=1S/C22H36N2O3/c1-5-27-22(4,17-18(2)3)21(25)23-19-9-11-20(12-10-19)26-16-15-24-13-7-6-8-14-24/h9-12,18H,5-8,13-17H2,1-4H3,(H,23,25)/t22-/m0/s1. The van der Waals surface area contributed by atoms with E-state index in [1.807, 2.05) is 38.1 Å². The fourth-order valence-electron chi connectivity index (χ4n) is 3.69. The van der Waals surface area contributed by atoms with Crippen LogP contribution >= 0.6 is 0 Å². The number of likely N-dealkylation sites (tertiary alicyclic amines) is 1. The summed E-state index contributed by atoms with van der Waals surface area (Å²) in [5.41, 5.74) is -0.0509. The van der Waals surface area contributed by atoms with Gasteiger partial charge in [-0.2, -0.15) is 0 Å². The second-order valence-electron chi connectivity index (χ2n) is 7.99. The van der Waals surface area contributed by atoms with Crippen LogP contribution in [-0.4, -0.2) is 49.3 Å². The Morgan fingerprint density at radius 1 is 1.19 bits per heavy atom. The topological polar surface area (TPSA) is 50.8 Å². The van der Waals surface area contributed by atoms with Crippen LogP contribution in [0.5, 0.6) is 5.75 Å². The number of amides is 1. The minimum absolute atomic E-state index is 0.100. The first-order chi connectivity index (χ1) is 12.9. The molecule has 0 spiro atoms. The van der Waals surface area contributed by atoms with Crippen molar-refractivity contribution in [2.45, 2.75) is 59.0 Å². The van der Waals surface area contributed by atoms with Gasteiger partial charge in [0.1, 0.15) is 18.0 Å². The molecule has 0 radical (unpaired) electrons. The van der Waals surface area contributed by atoms with Gasteiger partial charge in [0.05, 0.1) is 0 Å². The van der Waals surface area contributed by atoms with Gasteiger partial charge in [-0.1, -0.05) is 20.3 Å². The van der Waals surface area contributed by atoms with Crippen molar-refractivity contribution >= 4 is 11.6 Å². The Labute approximate surface area is 164 Å². The van der Waals surface area contributed by atoms with Crippen molar-refractivity contribution in [3.8, 4) is 5.75 Å². The third-order valence-corrected chi connectivity index (χ3v) is 4.98. The average Bonchev–Trinajstić information content (AvgIpc) is 2.63. The monoisotopic (exact) mass is 376 g/mol. The molecular weight excluding hydrogens is 340 g/mol. The van der Waals surface area contributed by atoms with Crippen molar-refractivity contribution in [2.24, 2.45) is 5.92 Å². The maximum absolute atomic E-state index is 12.7. The van der Waals surface area contributed by atoms with Crippen LogP contribution in [0.3, 0.4) is 0 Å². The molecule has 5 heteroatoms. The first-order valence-corrected chi connectivity index (χ1v) is 10.3. The van der Waals surface area contributed by atoms with Crippen LogP contribution in [-0.2, 0) is 9.53 Å². The third-order valence-electron chi connectivity index (χ3n) is 4.98. The molecule has 1 aromatic carbocycles. The highest BCUT2D eigenvalue weighted by Crippen LogP contribution is 2.24. The highest BCUT2D eigenvalue weighted by Gasteiger charge is 2.34. The minimum Gasteiger partial charge on any atom is -0.492 e. The number of piperidine rings is 1. The predicted molar refractivity (Wildman–Crippen MR) is 110 cm³/mol. The van der Waals surface area contributed by atoms with Crippen molar-refractivity contribution < 1.29 is 14.3 Å². The Kier molecular flexibility index (Phi) is 8.58. The average molecular weight is 377 g/mol. The van der Waals surface area contributed by atoms with Gasteiger partial charge in [0.25, 0.3) is 5.91 Å². The molecule has 5 nitrogen and oxygen atoms in total. The smallest absolute Gasteiger partial charge is 0.256 e. The number of rotatable bonds is 10. The minimum atomic E-state index is -0.813. The molecule has 1 aromatic rings. The molecule has 1 N–H and O–H groups in total. The maximum atomic E-state index is 12.7. The Hall–Kier alpha value is -1.59. The second kappa shape index (κ2) is 10.7. The van der Waals surface area contributed by atoms with E-state index in [1.54, 1.807) is 0 Å². The van der Waals surface area contributed by atoms with Gasteiger partial charge in [0.2, 0.25) is 0 Å². The van der Waals surface area contributed by atoms with Gasteiger partial charge in [-0.15, -0.1) is 0 Å². The van der Waals surface area contributed by atoms with Crippen molar-refractivity contribution in [1.82, 2.24) is 4.90 Å². The van der Waals surface area contributed by atoms with Crippen LogP contribution in [0.2, 0.25) is 0 Å². The lowest BCUT2D eigenvalue weighted by atomic mass is 9.93. The lowest BCUT2D eigenvalue weighted by molar-refractivity contribution is -0.140. The summed E-state index contributed by atoms with van der Waals surface area (Å²) in [4.78, 5) is 15.2. The van der Waals surface area contributed by atoms with E-state index < -0.39 is 5.60 Å². The number of carbonyl (C=O) groups is 1. The molecule has 1 saturated heterocycles. The van der Waals surface area contributed by atoms with Crippen LogP contribution in [0.25, 0.3) is 0 Å². The van der Waals surface area contributed by atoms with Crippen molar-refractivity contribution in [3.05, 3.63) is 24.3 Å². The summed E-state index contributed by atoms with van der Waals surface area (Å²) in [7, 11) is 0. The van der Waals surface area contributed by atoms with Gasteiger partial charge < -0.3 is 14.8 Å². The highest BCUT2D eigenvalue weighted by molar-refractivity contribution is 5.97. The summed E-state index contributed by atoms with van der Waals surface area (Å²) in [6.45, 7) is 12.5. The van der Waals surface area contributed by atoms with E-state index in [9.17, 15) is 4.79 Å². The van der Waals surface area contributed by atoms with Gasteiger partial charge in [0.15, 0.2) is 0 Å². The summed E-state index contributed by atoms with van der Waals surface area (Å²) in [6, 6.07) is 7.59. The Morgan fingerprint density at radius 2 is 1.85 bits per heavy atom. The Morgan fingerprint density at radius 3 is 2.44 bits per heavy atom. The first-order valence-electron chi connectivity index (χ1n) is 10.3. The molecule has 0 aliphatic carbocycles. The normalized spacial score (nSPS) is 17.5. The van der Waals surface area contributed by atoms with Crippen molar-refractivity contribution in [3.63, 3.8) is 0 Å². The number of ether oxygens (including phenoxy) is 2. The second-order valence-corrected chi connectivity index (χ2v) is 7.99. The maximum Gasteiger partial charge on any atom is 0.256 e. The Balaban J connectivity index is 1.83. The molecule has 152 valence electrons. The van der Waals surface area contributed by atoms with E-state index in [2.05, 4.69) is 24.1 Å². The molecule has 1 aliphatic rings. The number of nitrogens with zero attached hydrogens (tertiary/aromatic N) is 1. The summed E-state index contributed by atoms with van der Waals surface area (Å²) in [5.74, 6) is 1.11. The molecule has 1 aliphatic heterocycles. The van der Waals surface area contributed by atoms with Crippen LogP contribution in [0.1, 0.15) is 53.4 Å². The number of anilines is 1. The van der Waals surface area contributed by atoms with E-state index in [1.165, 1.54) is 32.4 Å². The zero-order chi connectivity index (χ0) is 19.7. The molecule has 0 aromatic heterocycles. The molecule has 0 bridgehead atoms. The molecule has 1 heterocycles. The lowest BCUT2D eigenvalue weighted by Gasteiger charge is -2.29. The molecule has 1 fully saturated rings. The molecule has 0 saturated carbocycles. The van der Waals surface area contributed by atoms with E-state index in [0.29, 0.717) is 25.6 Å². The summed E-state index contributed by atoms with van der Waals surface area (Å²) >= 11 is 0. The largest absolute Gasteiger partial charge is 0.492 e. The zero-order valence-electron chi connectivity index (χ0n) is 17.4. The summed E-state index contributed by atoms with van der Waals surface area (Å²) in [6.07, 6.45) is 4.63. The fraction of sp³-hybridized carbons (Fsp3) is 0.682. The van der Waals surface area contributed by atoms with Gasteiger partial charge >= 0.3 is 0 Å². The summed E-state index contributed by atoms with van der Waals surface area (Å²) < 4.78 is 11.6. The molecule has 2 rings (SSSR count). The lowest BCUT2D eigenvalue weighted by Crippen LogP contribution is -2.43. The van der Waals surface area contributed by atoms with Gasteiger partial charge in [-0.3, -0.25) is 9.69 Å². The zero-order valence-corrected chi connectivity index (χ0v) is 17.4. The molecule has 1 atom stereocenters. The fourth-order valence-corrected chi connectivity index (χ4v) is 3.69. The number of benzene rings is 1. The number of nitrogens with one attached hydrogen (secondary N) is 1. The van der Waals surface area contributed by atoms with Crippen LogP contribution in [0.15, 0.2) is 24.3 Å². The number of hydrogen-bond acceptors (Lipinski definition) is 4. The van der Waals surface area contributed by atoms with Crippen molar-refractivity contribution in [2.75, 3.05) is 38.2 Å². The van der Waals surface area contributed by atoms with E-state index >= 15 is 0 Å². The van der Waals surface area contributed by atoms with E-state index in [0.717, 1.165) is 18.0 Å². The van der Waals surface area contributed by atoms with Crippen LogP contribution in [0.4, 0.5) is 5.69 Å². The van der Waals surface area contributed by atoms with Gasteiger partial charge in [-0.25, -0.2) is 0 Å². The van der Waals surface area contributed by atoms with Crippen molar-refractivity contribution in [1.29, 1.82) is 0 Å². The number of carbonyl (C=O) groups excluding carboxylic acids is 1. The van der Waals surface area contributed by atoms with E-state index in [4.69, 9.17) is 9.47 Å². The molecular formula is C22H36N2O3. The van der Waals surface area contributed by atoms with Crippen LogP contribution < -0.4 is 10.1 Å². The quantitative estimate of drug-likeness (QED) is 0.660. The van der Waals surface area contributed by atoms with Gasteiger partial charge in [0, 0.05) is 18.8 Å². The summed E-state index contributed by atoms with van der Waals surface area (Å²) in [5, 5.41) is 2.98. The van der Waals surface area contributed by atoms with E-state index in [-0.39, 0.29) is 5.91 Å². The SMILES string of the molecule is CCO[C@@](C)(CC(C)C)C(=O)Nc1ccc(OCCN2CCCCC2)cc1. The third kappa shape index (κ3) is 7.15. The van der Waals surface area contributed by atoms with Gasteiger partial charge in [-0.05, 0) is 76.4 Å². The first kappa shape index (κ1) is 21.7. The Bertz CT molecular complexity index is 567. The highest BCUT2D eigenvalue weighted by atomic mass is 16.5. The molecule has 27 heavy (non-hydrogen) atoms. The molecule has 0 unspecified atom stereocenters. The molecule has 1 amide bonds. The number of hydrogen-bond donors (Lipinski definition) is 1. The van der Waals surface area contributed by atoms with Crippen LogP contribution in [0, 0.1) is 5.92 Å². The predicted octanol–water partition coefficient (Wildman–Crippen LogP) is 4.33.